The van der Waals surface area contributed by atoms with E-state index in [9.17, 15) is 25.9 Å². The lowest BCUT2D eigenvalue weighted by atomic mass is 9.98. The van der Waals surface area contributed by atoms with E-state index < -0.39 is 31.0 Å². The molecule has 0 saturated heterocycles. The maximum atomic E-state index is 12.6. The van der Waals surface area contributed by atoms with Gasteiger partial charge in [0.05, 0.1) is 11.4 Å². The first-order chi connectivity index (χ1) is 13.7. The number of hydrogen-bond donors (Lipinski definition) is 0. The van der Waals surface area contributed by atoms with E-state index >= 15 is 0 Å². The number of halogens is 4. The van der Waals surface area contributed by atoms with E-state index in [4.69, 9.17) is 4.74 Å². The third-order valence-electron chi connectivity index (χ3n) is 5.36. The van der Waals surface area contributed by atoms with Crippen molar-refractivity contribution in [3.8, 4) is 0 Å². The highest BCUT2D eigenvalue weighted by molar-refractivity contribution is 8.01. The molecule has 29 heavy (non-hydrogen) atoms. The molecule has 0 radical (unpaired) electrons. The number of nitrogens with zero attached hydrogens (tertiary/aromatic N) is 1. The zero-order valence-electron chi connectivity index (χ0n) is 16.5. The third kappa shape index (κ3) is 7.76. The van der Waals surface area contributed by atoms with Gasteiger partial charge < -0.3 is 4.74 Å². The Hall–Kier alpha value is 0.340. The van der Waals surface area contributed by atoms with Crippen molar-refractivity contribution in [1.29, 1.82) is 0 Å². The van der Waals surface area contributed by atoms with Gasteiger partial charge in [0.1, 0.15) is 0 Å². The highest BCUT2D eigenvalue weighted by atomic mass is 127. The van der Waals surface area contributed by atoms with Crippen molar-refractivity contribution in [2.75, 3.05) is 6.61 Å². The maximum Gasteiger partial charge on any atom is 0.346 e. The summed E-state index contributed by atoms with van der Waals surface area (Å²) in [5.74, 6) is -3.83. The monoisotopic (exact) mass is 576 g/mol. The zero-order chi connectivity index (χ0) is 21.5. The van der Waals surface area contributed by atoms with E-state index in [-0.39, 0.29) is 34.0 Å². The van der Waals surface area contributed by atoms with Gasteiger partial charge in [-0.3, -0.25) is 0 Å². The molecule has 2 saturated carbocycles. The molecule has 0 N–H and O–H groups in total. The molecule has 2 fully saturated rings. The van der Waals surface area contributed by atoms with Crippen LogP contribution in [0.2, 0.25) is 0 Å². The van der Waals surface area contributed by atoms with E-state index in [0.29, 0.717) is 26.8 Å². The summed E-state index contributed by atoms with van der Waals surface area (Å²) in [7, 11) is -9.64. The first kappa shape index (κ1) is 25.6. The molecule has 0 spiro atoms. The van der Waals surface area contributed by atoms with Gasteiger partial charge in [-0.1, -0.05) is 21.5 Å². The van der Waals surface area contributed by atoms with E-state index in [2.05, 4.69) is 15.1 Å². The van der Waals surface area contributed by atoms with Gasteiger partial charge in [-0.2, -0.15) is 8.78 Å². The fraction of sp³-hybridized carbons (Fsp3) is 1.00. The lowest BCUT2D eigenvalue weighted by Gasteiger charge is -2.26. The van der Waals surface area contributed by atoms with E-state index in [1.807, 2.05) is 0 Å². The molecular formula is C17H30F3INO5S2+. The predicted octanol–water partition coefficient (Wildman–Crippen LogP) is 1.35. The number of unbranched alkanes of at least 4 members (excludes halogenated alkanes) is 1. The molecule has 12 heteroatoms. The van der Waals surface area contributed by atoms with Crippen LogP contribution in [-0.2, 0) is 29.2 Å². The van der Waals surface area contributed by atoms with Crippen LogP contribution in [0, 0.1) is 0 Å². The number of hydrogen-bond acceptors (Lipinski definition) is 5. The molecule has 172 valence electrons. The number of ether oxygens (including phenoxy) is 1. The Labute approximate surface area is 182 Å². The molecule has 2 aliphatic carbocycles. The van der Waals surface area contributed by atoms with E-state index in [1.54, 1.807) is 0 Å². The van der Waals surface area contributed by atoms with Gasteiger partial charge >= 0.3 is 5.76 Å². The maximum absolute atomic E-state index is 12.6. The molecular weight excluding hydrogens is 546 g/mol. The van der Waals surface area contributed by atoms with Crippen LogP contribution >= 0.6 is 0 Å². The Balaban J connectivity index is 1.80. The van der Waals surface area contributed by atoms with Gasteiger partial charge in [0.25, 0.3) is 41.2 Å². The Kier molecular flexibility index (Phi) is 10.4. The minimum atomic E-state index is -5.17. The van der Waals surface area contributed by atoms with Gasteiger partial charge in [0, 0.05) is 6.61 Å². The summed E-state index contributed by atoms with van der Waals surface area (Å²) in [4.78, 5) is 0. The first-order valence-corrected chi connectivity index (χ1v) is 15.5. The van der Waals surface area contributed by atoms with Crippen LogP contribution in [0.3, 0.4) is 0 Å². The Bertz CT molecular complexity index is 715. The van der Waals surface area contributed by atoms with E-state index in [0.717, 1.165) is 45.1 Å². The van der Waals surface area contributed by atoms with Crippen molar-refractivity contribution in [2.45, 2.75) is 96.1 Å². The largest absolute Gasteiger partial charge is 0.378 e. The molecule has 0 bridgehead atoms. The first-order valence-electron chi connectivity index (χ1n) is 10.0. The number of rotatable bonds is 10. The fourth-order valence-electron chi connectivity index (χ4n) is 3.68. The second kappa shape index (κ2) is 11.8. The van der Waals surface area contributed by atoms with Crippen LogP contribution in [0.5, 0.6) is 0 Å². The topological polar surface area (TPSA) is 82.0 Å². The summed E-state index contributed by atoms with van der Waals surface area (Å²) in [6, 6.07) is 0. The minimum Gasteiger partial charge on any atom is -0.378 e. The molecule has 2 aliphatic rings. The quantitative estimate of drug-likeness (QED) is 0.223. The number of sulfonamides is 1. The van der Waals surface area contributed by atoms with Crippen molar-refractivity contribution >= 4 is 20.0 Å². The minimum absolute atomic E-state index is 0.0934. The lowest BCUT2D eigenvalue weighted by molar-refractivity contribution is -0.726. The van der Waals surface area contributed by atoms with Gasteiger partial charge in [0.15, 0.2) is 7.85 Å². The van der Waals surface area contributed by atoms with Gasteiger partial charge in [-0.15, -0.1) is 0 Å². The second-order valence-electron chi connectivity index (χ2n) is 7.53. The van der Waals surface area contributed by atoms with Crippen LogP contribution in [0.4, 0.5) is 13.3 Å². The summed E-state index contributed by atoms with van der Waals surface area (Å²) in [6.45, 7) is 2.97. The average Bonchev–Trinajstić information content (AvgIpc) is 2.69. The predicted molar refractivity (Wildman–Crippen MR) is 101 cm³/mol. The zero-order valence-corrected chi connectivity index (χ0v) is 20.3. The van der Waals surface area contributed by atoms with Crippen molar-refractivity contribution in [3.05, 3.63) is 0 Å². The standard InChI is InChI=1S/C17H30F3INO5S2/c1-2-3-12-26-15-8-4-13(5-9-15)21-14-6-10-16(11-7-14)28(23,24)22-29(25,27-20)17(18)19/h13-17H,2-12H2,1H3/q+1. The number of alkyl halides is 4. The molecule has 1 atom stereocenters. The van der Waals surface area contributed by atoms with Crippen molar-refractivity contribution < 1.29 is 56.3 Å². The summed E-state index contributed by atoms with van der Waals surface area (Å²) >= 11 is -0.0934. The Morgan fingerprint density at radius 1 is 1.00 bits per heavy atom. The molecule has 2 rings (SSSR count). The van der Waals surface area contributed by atoms with E-state index in [1.165, 1.54) is 0 Å². The van der Waals surface area contributed by atoms with Crippen LogP contribution < -0.4 is 21.2 Å². The van der Waals surface area contributed by atoms with Crippen LogP contribution in [0.25, 0.3) is 0 Å². The van der Waals surface area contributed by atoms with Crippen LogP contribution in [-0.4, -0.2) is 44.2 Å². The molecule has 0 aromatic heterocycles. The van der Waals surface area contributed by atoms with Gasteiger partial charge in [-0.05, 0) is 62.3 Å². The molecule has 0 heterocycles. The lowest BCUT2D eigenvalue weighted by Crippen LogP contribution is -3.68. The second-order valence-corrected chi connectivity index (χ2v) is 15.6. The molecule has 0 aromatic carbocycles. The summed E-state index contributed by atoms with van der Waals surface area (Å²) in [5, 5.41) is -1.000. The smallest absolute Gasteiger partial charge is 0.346 e. The molecule has 6 nitrogen and oxygen atoms in total. The van der Waals surface area contributed by atoms with Crippen molar-refractivity contribution in [3.63, 3.8) is 0 Å². The molecule has 1 unspecified atom stereocenters. The summed E-state index contributed by atoms with van der Waals surface area (Å²) < 4.78 is 85.7. The Morgan fingerprint density at radius 2 is 1.55 bits per heavy atom. The summed E-state index contributed by atoms with van der Waals surface area (Å²) in [5.41, 5.74) is 0. The SMILES string of the molecule is CCCCOC1CCC([I+]C2CCC(S(=O)(=O)N=S(=O)(OF)C(F)F)CC2)CC1. The van der Waals surface area contributed by atoms with Crippen LogP contribution in [0.1, 0.15) is 71.1 Å². The highest BCUT2D eigenvalue weighted by Gasteiger charge is 2.41. The van der Waals surface area contributed by atoms with Crippen molar-refractivity contribution in [2.24, 2.45) is 3.77 Å². The molecule has 0 aliphatic heterocycles. The van der Waals surface area contributed by atoms with Crippen LogP contribution in [0.15, 0.2) is 3.77 Å². The highest BCUT2D eigenvalue weighted by Crippen LogP contribution is 2.26. The van der Waals surface area contributed by atoms with Crippen molar-refractivity contribution in [1.82, 2.24) is 0 Å². The molecule has 0 aromatic rings. The average molecular weight is 576 g/mol. The summed E-state index contributed by atoms with van der Waals surface area (Å²) in [6.07, 6.45) is 8.99. The molecule has 0 amide bonds. The third-order valence-corrected chi connectivity index (χ3v) is 13.5. The van der Waals surface area contributed by atoms with Gasteiger partial charge in [0.2, 0.25) is 0 Å². The Morgan fingerprint density at radius 3 is 2.03 bits per heavy atom. The normalized spacial score (nSPS) is 30.8. The fourth-order valence-corrected chi connectivity index (χ4v) is 10.9. The van der Waals surface area contributed by atoms with Gasteiger partial charge in [-0.25, -0.2) is 12.6 Å².